The fraction of sp³-hybridized carbons (Fsp3) is 0.179. The lowest BCUT2D eigenvalue weighted by molar-refractivity contribution is -0.387. The van der Waals surface area contributed by atoms with Crippen LogP contribution >= 0.6 is 0 Å². The molecule has 1 aliphatic carbocycles. The molecule has 0 amide bonds. The summed E-state index contributed by atoms with van der Waals surface area (Å²) < 4.78 is 42.0. The highest BCUT2D eigenvalue weighted by Crippen LogP contribution is 2.44. The van der Waals surface area contributed by atoms with Gasteiger partial charge in [-0.15, -0.1) is 0 Å². The molecule has 0 unspecified atom stereocenters. The Bertz CT molecular complexity index is 1680. The minimum atomic E-state index is -4.54. The monoisotopic (exact) mass is 472 g/mol. The average Bonchev–Trinajstić information content (AvgIpc) is 2.86. The van der Waals surface area contributed by atoms with Crippen LogP contribution in [-0.4, -0.2) is 9.91 Å². The van der Waals surface area contributed by atoms with E-state index in [0.717, 1.165) is 42.7 Å². The van der Waals surface area contributed by atoms with Gasteiger partial charge >= 0.3 is 12.0 Å². The molecular formula is C28H19F3N2O2. The fourth-order valence-corrected chi connectivity index (χ4v) is 5.44. The standard InChI is InChI=1S/C28H19F3N2O2/c29-28(30,31)24-11-5-10-20-21-13-12-16-6-1-3-8-18(16)26(21)23(15-22(20)24)25-14-17-7-2-4-9-19(17)27(32-25)33(34)35/h2,4-5,7,9-15H,1,3,6,8H2. The molecule has 0 saturated heterocycles. The second kappa shape index (κ2) is 7.77. The molecule has 5 aromatic rings. The zero-order valence-electron chi connectivity index (χ0n) is 18.5. The van der Waals surface area contributed by atoms with Gasteiger partial charge in [-0.05, 0) is 97.9 Å². The third-order valence-corrected chi connectivity index (χ3v) is 6.96. The molecular weight excluding hydrogens is 453 g/mol. The molecule has 1 aromatic heterocycles. The third-order valence-electron chi connectivity index (χ3n) is 6.96. The molecule has 1 aliphatic rings. The predicted octanol–water partition coefficient (Wildman–Crippen LogP) is 8.01. The van der Waals surface area contributed by atoms with E-state index >= 15 is 0 Å². The van der Waals surface area contributed by atoms with Crippen molar-refractivity contribution in [2.45, 2.75) is 31.9 Å². The minimum Gasteiger partial charge on any atom is -0.358 e. The van der Waals surface area contributed by atoms with Crippen molar-refractivity contribution < 1.29 is 18.1 Å². The van der Waals surface area contributed by atoms with E-state index in [1.807, 2.05) is 12.1 Å². The maximum atomic E-state index is 14.0. The first-order valence-electron chi connectivity index (χ1n) is 11.4. The maximum absolute atomic E-state index is 14.0. The minimum absolute atomic E-state index is 0.0656. The Hall–Kier alpha value is -4.00. The molecule has 4 aromatic carbocycles. The summed E-state index contributed by atoms with van der Waals surface area (Å²) in [5.74, 6) is -0.305. The number of halogens is 3. The number of pyridine rings is 1. The smallest absolute Gasteiger partial charge is 0.358 e. The van der Waals surface area contributed by atoms with Gasteiger partial charge in [0.1, 0.15) is 0 Å². The number of nitrogens with zero attached hydrogens (tertiary/aromatic N) is 2. The van der Waals surface area contributed by atoms with Crippen LogP contribution in [0, 0.1) is 10.1 Å². The van der Waals surface area contributed by atoms with Crippen LogP contribution in [0.4, 0.5) is 19.0 Å². The number of aromatic nitrogens is 1. The number of hydrogen-bond acceptors (Lipinski definition) is 3. The third kappa shape index (κ3) is 3.41. The van der Waals surface area contributed by atoms with Gasteiger partial charge in [0.25, 0.3) is 0 Å². The largest absolute Gasteiger partial charge is 0.417 e. The van der Waals surface area contributed by atoms with Crippen molar-refractivity contribution in [1.29, 1.82) is 0 Å². The van der Waals surface area contributed by atoms with Crippen LogP contribution in [0.15, 0.2) is 66.7 Å². The number of hydrogen-bond donors (Lipinski definition) is 0. The van der Waals surface area contributed by atoms with Gasteiger partial charge in [-0.25, -0.2) is 0 Å². The number of alkyl halides is 3. The van der Waals surface area contributed by atoms with Gasteiger partial charge in [0.15, 0.2) is 5.69 Å². The molecule has 35 heavy (non-hydrogen) atoms. The lowest BCUT2D eigenvalue weighted by atomic mass is 9.83. The first kappa shape index (κ1) is 21.5. The van der Waals surface area contributed by atoms with Crippen LogP contribution in [0.5, 0.6) is 0 Å². The van der Waals surface area contributed by atoms with Crippen molar-refractivity contribution in [2.75, 3.05) is 0 Å². The van der Waals surface area contributed by atoms with Crippen LogP contribution in [0.2, 0.25) is 0 Å². The van der Waals surface area contributed by atoms with Crippen LogP contribution in [0.3, 0.4) is 0 Å². The summed E-state index contributed by atoms with van der Waals surface area (Å²) in [4.78, 5) is 15.7. The topological polar surface area (TPSA) is 56.0 Å². The molecule has 7 heteroatoms. The number of rotatable bonds is 2. The Labute approximate surface area is 198 Å². The maximum Gasteiger partial charge on any atom is 0.417 e. The number of fused-ring (bicyclic) bond motifs is 6. The van der Waals surface area contributed by atoms with E-state index in [9.17, 15) is 23.3 Å². The summed E-state index contributed by atoms with van der Waals surface area (Å²) in [5.41, 5.74) is 2.34. The molecule has 0 N–H and O–H groups in total. The summed E-state index contributed by atoms with van der Waals surface area (Å²) >= 11 is 0. The van der Waals surface area contributed by atoms with Crippen LogP contribution in [-0.2, 0) is 19.0 Å². The molecule has 0 fully saturated rings. The highest BCUT2D eigenvalue weighted by molar-refractivity contribution is 6.16. The Balaban J connectivity index is 1.80. The Kier molecular flexibility index (Phi) is 4.78. The average molecular weight is 472 g/mol. The summed E-state index contributed by atoms with van der Waals surface area (Å²) in [7, 11) is 0. The Morgan fingerprint density at radius 2 is 1.60 bits per heavy atom. The molecule has 0 atom stereocenters. The highest BCUT2D eigenvalue weighted by Gasteiger charge is 2.33. The molecule has 0 spiro atoms. The van der Waals surface area contributed by atoms with Crippen LogP contribution < -0.4 is 0 Å². The van der Waals surface area contributed by atoms with E-state index in [-0.39, 0.29) is 11.2 Å². The highest BCUT2D eigenvalue weighted by atomic mass is 19.4. The molecule has 4 nitrogen and oxygen atoms in total. The lowest BCUT2D eigenvalue weighted by Gasteiger charge is -2.21. The van der Waals surface area contributed by atoms with Gasteiger partial charge < -0.3 is 10.1 Å². The van der Waals surface area contributed by atoms with Gasteiger partial charge in [0, 0.05) is 5.56 Å². The van der Waals surface area contributed by atoms with Gasteiger partial charge in [-0.1, -0.05) is 42.5 Å². The zero-order valence-corrected chi connectivity index (χ0v) is 18.5. The first-order valence-corrected chi connectivity index (χ1v) is 11.4. The van der Waals surface area contributed by atoms with Crippen LogP contribution in [0.1, 0.15) is 29.5 Å². The first-order chi connectivity index (χ1) is 16.8. The van der Waals surface area contributed by atoms with Gasteiger partial charge in [-0.2, -0.15) is 13.2 Å². The Morgan fingerprint density at radius 3 is 2.40 bits per heavy atom. The SMILES string of the molecule is O=[N+]([O-])c1nc(-c2cc3c(C(F)(F)F)cccc3c3ccc4c(c23)CCCC4)cc2ccccc12. The quantitative estimate of drug-likeness (QED) is 0.149. The number of nitro groups is 1. The fourth-order valence-electron chi connectivity index (χ4n) is 5.44. The van der Waals surface area contributed by atoms with E-state index in [1.165, 1.54) is 17.7 Å². The zero-order chi connectivity index (χ0) is 24.3. The normalized spacial score (nSPS) is 13.9. The van der Waals surface area contributed by atoms with Crippen molar-refractivity contribution in [3.8, 4) is 11.3 Å². The molecule has 0 bridgehead atoms. The Morgan fingerprint density at radius 1 is 0.829 bits per heavy atom. The van der Waals surface area contributed by atoms with E-state index in [2.05, 4.69) is 4.98 Å². The van der Waals surface area contributed by atoms with Crippen LogP contribution in [0.25, 0.3) is 43.6 Å². The van der Waals surface area contributed by atoms with Gasteiger partial charge in [0.05, 0.1) is 10.9 Å². The second-order valence-corrected chi connectivity index (χ2v) is 8.96. The van der Waals surface area contributed by atoms with Crippen molar-refractivity contribution >= 4 is 38.1 Å². The van der Waals surface area contributed by atoms with Crippen molar-refractivity contribution in [3.05, 3.63) is 93.5 Å². The summed E-state index contributed by atoms with van der Waals surface area (Å²) in [6.07, 6.45) is -0.797. The lowest BCUT2D eigenvalue weighted by Crippen LogP contribution is -2.07. The van der Waals surface area contributed by atoms with E-state index in [4.69, 9.17) is 0 Å². The molecule has 0 saturated carbocycles. The molecule has 0 radical (unpaired) electrons. The molecule has 174 valence electrons. The van der Waals surface area contributed by atoms with Crippen molar-refractivity contribution in [2.24, 2.45) is 0 Å². The molecule has 1 heterocycles. The predicted molar refractivity (Wildman–Crippen MR) is 130 cm³/mol. The van der Waals surface area contributed by atoms with Gasteiger partial charge in [0.2, 0.25) is 0 Å². The van der Waals surface area contributed by atoms with Crippen molar-refractivity contribution in [1.82, 2.24) is 4.98 Å². The summed E-state index contributed by atoms with van der Waals surface area (Å²) in [5, 5.41) is 15.0. The summed E-state index contributed by atoms with van der Waals surface area (Å²) in [6, 6.07) is 18.2. The van der Waals surface area contributed by atoms with E-state index in [0.29, 0.717) is 32.8 Å². The van der Waals surface area contributed by atoms with E-state index in [1.54, 1.807) is 36.4 Å². The molecule has 6 rings (SSSR count). The number of aryl methyl sites for hydroxylation is 2. The van der Waals surface area contributed by atoms with E-state index < -0.39 is 16.7 Å². The molecule has 0 aliphatic heterocycles. The number of benzene rings is 4. The summed E-state index contributed by atoms with van der Waals surface area (Å²) in [6.45, 7) is 0. The van der Waals surface area contributed by atoms with Crippen molar-refractivity contribution in [3.63, 3.8) is 0 Å². The second-order valence-electron chi connectivity index (χ2n) is 8.96. The van der Waals surface area contributed by atoms with Gasteiger partial charge in [-0.3, -0.25) is 0 Å².